The lowest BCUT2D eigenvalue weighted by molar-refractivity contribution is -0.130. The van der Waals surface area contributed by atoms with Crippen molar-refractivity contribution in [3.05, 3.63) is 36.2 Å². The highest BCUT2D eigenvalue weighted by atomic mass is 16.4. The third-order valence-corrected chi connectivity index (χ3v) is 5.45. The van der Waals surface area contributed by atoms with Gasteiger partial charge in [0.1, 0.15) is 0 Å². The van der Waals surface area contributed by atoms with Gasteiger partial charge in [-0.3, -0.25) is 9.59 Å². The molecule has 7 heteroatoms. The first kappa shape index (κ1) is 17.7. The first-order valence-corrected chi connectivity index (χ1v) is 9.65. The Morgan fingerprint density at radius 3 is 2.70 bits per heavy atom. The van der Waals surface area contributed by atoms with Gasteiger partial charge in [-0.15, -0.1) is 10.2 Å². The van der Waals surface area contributed by atoms with Crippen molar-refractivity contribution in [2.75, 3.05) is 6.54 Å². The van der Waals surface area contributed by atoms with E-state index in [0.29, 0.717) is 30.8 Å². The van der Waals surface area contributed by atoms with Crippen molar-refractivity contribution < 1.29 is 14.0 Å². The van der Waals surface area contributed by atoms with Crippen LogP contribution < -0.4 is 5.32 Å². The summed E-state index contributed by atoms with van der Waals surface area (Å²) in [4.78, 5) is 26.7. The fourth-order valence-corrected chi connectivity index (χ4v) is 3.98. The number of rotatable bonds is 5. The van der Waals surface area contributed by atoms with Crippen LogP contribution in [0.4, 0.5) is 0 Å². The summed E-state index contributed by atoms with van der Waals surface area (Å²) >= 11 is 0. The van der Waals surface area contributed by atoms with Crippen LogP contribution >= 0.6 is 0 Å². The monoisotopic (exact) mass is 368 g/mol. The molecule has 2 heterocycles. The summed E-state index contributed by atoms with van der Waals surface area (Å²) in [6, 6.07) is 9.81. The molecule has 0 spiro atoms. The molecule has 1 N–H and O–H groups in total. The van der Waals surface area contributed by atoms with Crippen LogP contribution in [-0.4, -0.2) is 39.5 Å². The standard InChI is InChI=1S/C20H24N4O3/c25-18-11-15(13-24(18)16-9-5-2-6-10-16)19(26)21-12-17-22-23-20(27-17)14-7-3-1-4-8-14/h1,3-4,7-8,15-16H,2,5-6,9-13H2,(H,21,26). The van der Waals surface area contributed by atoms with Gasteiger partial charge in [0.15, 0.2) is 0 Å². The molecule has 2 fully saturated rings. The minimum absolute atomic E-state index is 0.103. The van der Waals surface area contributed by atoms with Gasteiger partial charge < -0.3 is 14.6 Å². The number of amides is 2. The summed E-state index contributed by atoms with van der Waals surface area (Å²) in [5, 5.41) is 10.8. The quantitative estimate of drug-likeness (QED) is 0.876. The number of hydrogen-bond acceptors (Lipinski definition) is 5. The molecule has 1 aromatic heterocycles. The van der Waals surface area contributed by atoms with Crippen LogP contribution in [0.15, 0.2) is 34.7 Å². The molecule has 2 aliphatic rings. The Morgan fingerprint density at radius 1 is 1.15 bits per heavy atom. The lowest BCUT2D eigenvalue weighted by atomic mass is 9.94. The number of hydrogen-bond donors (Lipinski definition) is 1. The van der Waals surface area contributed by atoms with Gasteiger partial charge in [0.25, 0.3) is 0 Å². The van der Waals surface area contributed by atoms with Crippen LogP contribution in [0.25, 0.3) is 11.5 Å². The Kier molecular flexibility index (Phi) is 5.18. The number of aromatic nitrogens is 2. The van der Waals surface area contributed by atoms with Crippen molar-refractivity contribution >= 4 is 11.8 Å². The molecular weight excluding hydrogens is 344 g/mol. The van der Waals surface area contributed by atoms with Gasteiger partial charge in [-0.1, -0.05) is 37.5 Å². The van der Waals surface area contributed by atoms with E-state index in [1.807, 2.05) is 35.2 Å². The van der Waals surface area contributed by atoms with Crippen molar-refractivity contribution in [3.63, 3.8) is 0 Å². The van der Waals surface area contributed by atoms with Crippen LogP contribution in [0, 0.1) is 5.92 Å². The highest BCUT2D eigenvalue weighted by molar-refractivity contribution is 5.89. The van der Waals surface area contributed by atoms with Crippen molar-refractivity contribution in [2.45, 2.75) is 51.1 Å². The molecule has 1 aliphatic heterocycles. The third-order valence-electron chi connectivity index (χ3n) is 5.45. The fraction of sp³-hybridized carbons (Fsp3) is 0.500. The zero-order valence-corrected chi connectivity index (χ0v) is 15.3. The molecule has 142 valence electrons. The zero-order chi connectivity index (χ0) is 18.6. The van der Waals surface area contributed by atoms with E-state index in [1.54, 1.807) is 0 Å². The predicted octanol–water partition coefficient (Wildman–Crippen LogP) is 2.53. The van der Waals surface area contributed by atoms with Crippen molar-refractivity contribution in [2.24, 2.45) is 5.92 Å². The second-order valence-corrected chi connectivity index (χ2v) is 7.32. The Labute approximate surface area is 158 Å². The second kappa shape index (κ2) is 7.90. The summed E-state index contributed by atoms with van der Waals surface area (Å²) in [6.45, 7) is 0.696. The average Bonchev–Trinajstić information content (AvgIpc) is 3.34. The maximum absolute atomic E-state index is 12.5. The molecule has 4 rings (SSSR count). The molecule has 1 aromatic carbocycles. The number of carbonyl (C=O) groups is 2. The van der Waals surface area contributed by atoms with E-state index >= 15 is 0 Å². The average molecular weight is 368 g/mol. The highest BCUT2D eigenvalue weighted by Gasteiger charge is 2.38. The van der Waals surface area contributed by atoms with Crippen LogP contribution in [0.5, 0.6) is 0 Å². The van der Waals surface area contributed by atoms with E-state index in [-0.39, 0.29) is 24.3 Å². The number of likely N-dealkylation sites (tertiary alicyclic amines) is 1. The van der Waals surface area contributed by atoms with Gasteiger partial charge in [0.2, 0.25) is 23.6 Å². The summed E-state index contributed by atoms with van der Waals surface area (Å²) in [7, 11) is 0. The summed E-state index contributed by atoms with van der Waals surface area (Å²) in [5.74, 6) is 0.471. The molecule has 1 saturated carbocycles. The fourth-order valence-electron chi connectivity index (χ4n) is 3.98. The topological polar surface area (TPSA) is 88.3 Å². The number of benzene rings is 1. The van der Waals surface area contributed by atoms with Gasteiger partial charge in [-0.2, -0.15) is 0 Å². The number of carbonyl (C=O) groups excluding carboxylic acids is 2. The predicted molar refractivity (Wildman–Crippen MR) is 98.3 cm³/mol. The van der Waals surface area contributed by atoms with E-state index in [9.17, 15) is 9.59 Å². The van der Waals surface area contributed by atoms with Gasteiger partial charge in [-0.25, -0.2) is 0 Å². The molecule has 1 saturated heterocycles. The molecule has 27 heavy (non-hydrogen) atoms. The highest BCUT2D eigenvalue weighted by Crippen LogP contribution is 2.28. The van der Waals surface area contributed by atoms with E-state index in [0.717, 1.165) is 18.4 Å². The number of nitrogens with zero attached hydrogens (tertiary/aromatic N) is 3. The van der Waals surface area contributed by atoms with E-state index in [1.165, 1.54) is 19.3 Å². The third kappa shape index (κ3) is 4.02. The number of nitrogens with one attached hydrogen (secondary N) is 1. The second-order valence-electron chi connectivity index (χ2n) is 7.32. The molecule has 1 unspecified atom stereocenters. The summed E-state index contributed by atoms with van der Waals surface area (Å²) in [6.07, 6.45) is 6.01. The van der Waals surface area contributed by atoms with Crippen molar-refractivity contribution in [1.82, 2.24) is 20.4 Å². The molecular formula is C20H24N4O3. The van der Waals surface area contributed by atoms with Gasteiger partial charge >= 0.3 is 0 Å². The van der Waals surface area contributed by atoms with E-state index in [4.69, 9.17) is 4.42 Å². The molecule has 1 atom stereocenters. The van der Waals surface area contributed by atoms with Crippen molar-refractivity contribution in [1.29, 1.82) is 0 Å². The minimum Gasteiger partial charge on any atom is -0.419 e. The Hall–Kier alpha value is -2.70. The molecule has 7 nitrogen and oxygen atoms in total. The summed E-state index contributed by atoms with van der Waals surface area (Å²) in [5.41, 5.74) is 0.840. The largest absolute Gasteiger partial charge is 0.419 e. The Bertz CT molecular complexity index is 799. The van der Waals surface area contributed by atoms with Crippen LogP contribution in [0.2, 0.25) is 0 Å². The van der Waals surface area contributed by atoms with Crippen LogP contribution in [-0.2, 0) is 16.1 Å². The maximum Gasteiger partial charge on any atom is 0.247 e. The SMILES string of the molecule is O=C(NCc1nnc(-c2ccccc2)o1)C1CC(=O)N(C2CCCCC2)C1. The minimum atomic E-state index is -0.295. The molecule has 0 radical (unpaired) electrons. The first-order chi connectivity index (χ1) is 13.2. The zero-order valence-electron chi connectivity index (χ0n) is 15.3. The molecule has 2 amide bonds. The first-order valence-electron chi connectivity index (χ1n) is 9.65. The lowest BCUT2D eigenvalue weighted by Crippen LogP contribution is -2.39. The van der Waals surface area contributed by atoms with Gasteiger partial charge in [-0.05, 0) is 25.0 Å². The Morgan fingerprint density at radius 2 is 1.93 bits per heavy atom. The van der Waals surface area contributed by atoms with Gasteiger partial charge in [0, 0.05) is 24.6 Å². The van der Waals surface area contributed by atoms with Gasteiger partial charge in [0.05, 0.1) is 12.5 Å². The molecule has 2 aromatic rings. The Balaban J connectivity index is 1.31. The van der Waals surface area contributed by atoms with Crippen LogP contribution in [0.1, 0.15) is 44.4 Å². The normalized spacial score (nSPS) is 20.8. The van der Waals surface area contributed by atoms with E-state index in [2.05, 4.69) is 15.5 Å². The molecule has 1 aliphatic carbocycles. The van der Waals surface area contributed by atoms with Crippen LogP contribution in [0.3, 0.4) is 0 Å². The lowest BCUT2D eigenvalue weighted by Gasteiger charge is -2.31. The maximum atomic E-state index is 12.5. The summed E-state index contributed by atoms with van der Waals surface area (Å²) < 4.78 is 5.61. The molecule has 0 bridgehead atoms. The van der Waals surface area contributed by atoms with E-state index < -0.39 is 0 Å². The smallest absolute Gasteiger partial charge is 0.247 e. The van der Waals surface area contributed by atoms with Crippen molar-refractivity contribution in [3.8, 4) is 11.5 Å².